The van der Waals surface area contributed by atoms with Crippen molar-refractivity contribution in [3.05, 3.63) is 41.5 Å². The first-order valence-corrected chi connectivity index (χ1v) is 12.0. The SMILES string of the molecule is Cc1cc(NC(=O)C(=O)OC(C)C)cc(C)c1Oc1ccc(O)c(S(=O)(=O)CC2CC2)c1. The number of esters is 1. The molecule has 1 aliphatic carbocycles. The fraction of sp³-hybridized carbons (Fsp3) is 0.391. The molecule has 1 aliphatic rings. The first-order valence-electron chi connectivity index (χ1n) is 10.3. The number of rotatable bonds is 7. The van der Waals surface area contributed by atoms with E-state index in [1.54, 1.807) is 39.8 Å². The number of hydrogen-bond donors (Lipinski definition) is 2. The lowest BCUT2D eigenvalue weighted by molar-refractivity contribution is -0.155. The Bertz CT molecular complexity index is 1130. The average molecular weight is 462 g/mol. The number of sulfone groups is 1. The zero-order chi connectivity index (χ0) is 23.6. The number of aryl methyl sites for hydroxylation is 2. The Hall–Kier alpha value is -3.07. The van der Waals surface area contributed by atoms with Crippen LogP contribution in [0, 0.1) is 19.8 Å². The van der Waals surface area contributed by atoms with Gasteiger partial charge in [0.2, 0.25) is 0 Å². The number of anilines is 1. The molecule has 0 aromatic heterocycles. The summed E-state index contributed by atoms with van der Waals surface area (Å²) >= 11 is 0. The van der Waals surface area contributed by atoms with E-state index >= 15 is 0 Å². The Morgan fingerprint density at radius 2 is 1.75 bits per heavy atom. The van der Waals surface area contributed by atoms with Gasteiger partial charge in [0.25, 0.3) is 0 Å². The Balaban J connectivity index is 1.80. The van der Waals surface area contributed by atoms with Crippen LogP contribution in [-0.2, 0) is 24.2 Å². The number of aromatic hydroxyl groups is 1. The van der Waals surface area contributed by atoms with Crippen LogP contribution in [0.4, 0.5) is 5.69 Å². The number of ether oxygens (including phenoxy) is 2. The molecule has 2 N–H and O–H groups in total. The molecule has 1 saturated carbocycles. The fourth-order valence-electron chi connectivity index (χ4n) is 3.24. The highest BCUT2D eigenvalue weighted by atomic mass is 32.2. The van der Waals surface area contributed by atoms with Crippen LogP contribution in [0.1, 0.15) is 37.8 Å². The average Bonchev–Trinajstić information content (AvgIpc) is 3.48. The van der Waals surface area contributed by atoms with Gasteiger partial charge in [0.1, 0.15) is 22.1 Å². The quantitative estimate of drug-likeness (QED) is 0.474. The summed E-state index contributed by atoms with van der Waals surface area (Å²) in [6.07, 6.45) is 1.36. The first kappa shape index (κ1) is 23.6. The zero-order valence-electron chi connectivity index (χ0n) is 18.5. The second-order valence-corrected chi connectivity index (χ2v) is 10.3. The van der Waals surface area contributed by atoms with Crippen molar-refractivity contribution in [2.45, 2.75) is 51.5 Å². The highest BCUT2D eigenvalue weighted by Crippen LogP contribution is 2.37. The number of nitrogens with one attached hydrogen (secondary N) is 1. The number of phenols is 1. The van der Waals surface area contributed by atoms with Crippen LogP contribution in [0.25, 0.3) is 0 Å². The number of carbonyl (C=O) groups is 2. The van der Waals surface area contributed by atoms with Crippen LogP contribution in [0.2, 0.25) is 0 Å². The van der Waals surface area contributed by atoms with Crippen molar-refractivity contribution in [2.75, 3.05) is 11.1 Å². The van der Waals surface area contributed by atoms with Crippen molar-refractivity contribution >= 4 is 27.4 Å². The predicted octanol–water partition coefficient (Wildman–Crippen LogP) is 3.88. The summed E-state index contributed by atoms with van der Waals surface area (Å²) in [5.74, 6) is -1.26. The third-order valence-electron chi connectivity index (χ3n) is 4.88. The van der Waals surface area contributed by atoms with Crippen LogP contribution < -0.4 is 10.1 Å². The van der Waals surface area contributed by atoms with Crippen LogP contribution >= 0.6 is 0 Å². The van der Waals surface area contributed by atoms with Gasteiger partial charge in [-0.1, -0.05) is 0 Å². The van der Waals surface area contributed by atoms with Crippen LogP contribution in [0.15, 0.2) is 35.2 Å². The number of carbonyl (C=O) groups excluding carboxylic acids is 2. The summed E-state index contributed by atoms with van der Waals surface area (Å²) < 4.78 is 36.0. The van der Waals surface area contributed by atoms with Gasteiger partial charge in [-0.25, -0.2) is 13.2 Å². The van der Waals surface area contributed by atoms with Gasteiger partial charge in [0, 0.05) is 11.8 Å². The molecule has 0 aliphatic heterocycles. The third kappa shape index (κ3) is 5.79. The normalized spacial score (nSPS) is 13.7. The molecule has 0 saturated heterocycles. The summed E-state index contributed by atoms with van der Waals surface area (Å²) in [6.45, 7) is 6.82. The molecular formula is C23H27NO7S. The topological polar surface area (TPSA) is 119 Å². The van der Waals surface area contributed by atoms with Crippen LogP contribution in [0.3, 0.4) is 0 Å². The van der Waals surface area contributed by atoms with Gasteiger partial charge in [-0.3, -0.25) is 4.79 Å². The molecule has 2 aromatic carbocycles. The van der Waals surface area contributed by atoms with Crippen molar-refractivity contribution in [1.82, 2.24) is 0 Å². The Morgan fingerprint density at radius 1 is 1.12 bits per heavy atom. The predicted molar refractivity (Wildman–Crippen MR) is 119 cm³/mol. The molecule has 172 valence electrons. The van der Waals surface area contributed by atoms with Crippen molar-refractivity contribution in [1.29, 1.82) is 0 Å². The van der Waals surface area contributed by atoms with E-state index in [2.05, 4.69) is 5.32 Å². The largest absolute Gasteiger partial charge is 0.507 e. The number of hydrogen-bond acceptors (Lipinski definition) is 7. The minimum atomic E-state index is -3.62. The second kappa shape index (κ2) is 9.20. The number of phenolic OH excluding ortho intramolecular Hbond substituents is 1. The molecule has 32 heavy (non-hydrogen) atoms. The lowest BCUT2D eigenvalue weighted by Gasteiger charge is -2.15. The van der Waals surface area contributed by atoms with Gasteiger partial charge in [0.15, 0.2) is 9.84 Å². The highest BCUT2D eigenvalue weighted by molar-refractivity contribution is 7.91. The monoisotopic (exact) mass is 461 g/mol. The van der Waals surface area contributed by atoms with E-state index in [0.29, 0.717) is 22.6 Å². The molecule has 9 heteroatoms. The maximum absolute atomic E-state index is 12.6. The minimum absolute atomic E-state index is 0.00963. The van der Waals surface area contributed by atoms with Crippen LogP contribution in [0.5, 0.6) is 17.2 Å². The van der Waals surface area contributed by atoms with E-state index in [-0.39, 0.29) is 28.1 Å². The van der Waals surface area contributed by atoms with E-state index in [0.717, 1.165) is 12.8 Å². The molecule has 0 bridgehead atoms. The maximum Gasteiger partial charge on any atom is 0.397 e. The minimum Gasteiger partial charge on any atom is -0.507 e. The van der Waals surface area contributed by atoms with Crippen molar-refractivity contribution in [2.24, 2.45) is 5.92 Å². The highest BCUT2D eigenvalue weighted by Gasteiger charge is 2.31. The molecule has 0 spiro atoms. The van der Waals surface area contributed by atoms with E-state index in [4.69, 9.17) is 9.47 Å². The van der Waals surface area contributed by atoms with Gasteiger partial charge in [0.05, 0.1) is 11.9 Å². The van der Waals surface area contributed by atoms with Crippen LogP contribution in [-0.4, -0.2) is 37.3 Å². The van der Waals surface area contributed by atoms with Gasteiger partial charge in [-0.15, -0.1) is 0 Å². The van der Waals surface area contributed by atoms with E-state index in [9.17, 15) is 23.1 Å². The number of amides is 1. The zero-order valence-corrected chi connectivity index (χ0v) is 19.3. The maximum atomic E-state index is 12.6. The summed E-state index contributed by atoms with van der Waals surface area (Å²) in [4.78, 5) is 23.6. The molecule has 0 radical (unpaired) electrons. The van der Waals surface area contributed by atoms with E-state index in [1.165, 1.54) is 18.2 Å². The summed E-state index contributed by atoms with van der Waals surface area (Å²) in [6, 6.07) is 7.38. The molecular weight excluding hydrogens is 434 g/mol. The Morgan fingerprint density at radius 3 is 2.31 bits per heavy atom. The molecule has 1 fully saturated rings. The third-order valence-corrected chi connectivity index (χ3v) is 6.79. The molecule has 1 amide bonds. The Kier molecular flexibility index (Phi) is 6.78. The molecule has 3 rings (SSSR count). The summed E-state index contributed by atoms with van der Waals surface area (Å²) in [5.41, 5.74) is 1.72. The molecule has 0 heterocycles. The van der Waals surface area contributed by atoms with Gasteiger partial charge in [-0.2, -0.15) is 0 Å². The van der Waals surface area contributed by atoms with Gasteiger partial charge < -0.3 is 19.9 Å². The summed E-state index contributed by atoms with van der Waals surface area (Å²) in [5, 5.41) is 12.6. The molecule has 0 atom stereocenters. The van der Waals surface area contributed by atoms with E-state index < -0.39 is 27.8 Å². The molecule has 2 aromatic rings. The molecule has 0 unspecified atom stereocenters. The lowest BCUT2D eigenvalue weighted by Crippen LogP contribution is -2.27. The fourth-order valence-corrected chi connectivity index (χ4v) is 5.06. The molecule has 8 nitrogen and oxygen atoms in total. The van der Waals surface area contributed by atoms with Crippen molar-refractivity contribution in [3.63, 3.8) is 0 Å². The Labute approximate surface area is 187 Å². The van der Waals surface area contributed by atoms with Gasteiger partial charge >= 0.3 is 11.9 Å². The van der Waals surface area contributed by atoms with Crippen molar-refractivity contribution < 1.29 is 32.6 Å². The summed E-state index contributed by atoms with van der Waals surface area (Å²) in [7, 11) is -3.62. The second-order valence-electron chi connectivity index (χ2n) is 8.30. The first-order chi connectivity index (χ1) is 15.0. The smallest absolute Gasteiger partial charge is 0.397 e. The lowest BCUT2D eigenvalue weighted by atomic mass is 10.1. The van der Waals surface area contributed by atoms with Crippen molar-refractivity contribution in [3.8, 4) is 17.2 Å². The standard InChI is InChI=1S/C23H27NO7S/c1-13(2)30-23(27)22(26)24-17-9-14(3)21(15(4)10-17)31-18-7-8-19(25)20(11-18)32(28,29)12-16-5-6-16/h7-11,13,16,25H,5-6,12H2,1-4H3,(H,24,26). The number of benzene rings is 2. The van der Waals surface area contributed by atoms with E-state index in [1.807, 2.05) is 0 Å². The van der Waals surface area contributed by atoms with Gasteiger partial charge in [-0.05, 0) is 81.8 Å².